The quantitative estimate of drug-likeness (QED) is 0.236. The van der Waals surface area contributed by atoms with Crippen molar-refractivity contribution in [2.24, 2.45) is 11.8 Å². The Morgan fingerprint density at radius 1 is 0.938 bits per heavy atom. The third-order valence-electron chi connectivity index (χ3n) is 4.80. The minimum Gasteiger partial charge on any atom is -0.344 e. The highest BCUT2D eigenvalue weighted by Gasteiger charge is 2.35. The maximum Gasteiger partial charge on any atom is 0.262 e. The number of para-hydroxylation sites is 1. The van der Waals surface area contributed by atoms with Crippen molar-refractivity contribution in [2.75, 3.05) is 5.32 Å². The zero-order valence-electron chi connectivity index (χ0n) is 17.8. The molecule has 0 bridgehead atoms. The molecule has 0 saturated carbocycles. The Kier molecular flexibility index (Phi) is 9.97. The van der Waals surface area contributed by atoms with Crippen LogP contribution in [0, 0.1) is 11.8 Å². The van der Waals surface area contributed by atoms with Crippen molar-refractivity contribution in [3.05, 3.63) is 65.2 Å². The highest BCUT2D eigenvalue weighted by Crippen LogP contribution is 2.22. The van der Waals surface area contributed by atoms with E-state index in [-0.39, 0.29) is 12.3 Å². The van der Waals surface area contributed by atoms with Crippen LogP contribution in [0.5, 0.6) is 0 Å². The van der Waals surface area contributed by atoms with E-state index in [4.69, 9.17) is 28.4 Å². The van der Waals surface area contributed by atoms with Crippen LogP contribution in [0.3, 0.4) is 0 Å². The Labute approximate surface area is 197 Å². The van der Waals surface area contributed by atoms with Gasteiger partial charge in [-0.15, -0.1) is 11.6 Å². The highest BCUT2D eigenvalue weighted by molar-refractivity contribution is 6.32. The first-order valence-electron chi connectivity index (χ1n) is 10.2. The molecule has 0 aliphatic rings. The maximum absolute atomic E-state index is 13.1. The molecule has 0 fully saturated rings. The van der Waals surface area contributed by atoms with Crippen molar-refractivity contribution >= 4 is 46.6 Å². The van der Waals surface area contributed by atoms with Crippen molar-refractivity contribution in [3.8, 4) is 0 Å². The predicted octanol–water partition coefficient (Wildman–Crippen LogP) is 3.78. The Morgan fingerprint density at radius 2 is 1.56 bits per heavy atom. The fourth-order valence-electron chi connectivity index (χ4n) is 3.21. The summed E-state index contributed by atoms with van der Waals surface area (Å²) in [5.41, 5.74) is 2.86. The number of carbonyl (C=O) groups is 3. The van der Waals surface area contributed by atoms with Crippen LogP contribution in [0.4, 0.5) is 5.69 Å². The first kappa shape index (κ1) is 25.6. The summed E-state index contributed by atoms with van der Waals surface area (Å²) in [5.74, 6) is -2.74. The molecule has 3 atom stereocenters. The average molecular weight is 480 g/mol. The summed E-state index contributed by atoms with van der Waals surface area (Å²) in [6.07, 6.45) is 0.497. The van der Waals surface area contributed by atoms with Gasteiger partial charge < -0.3 is 10.6 Å². The SMILES string of the molecule is CC(C)C[C@@H](C(=O)N[C@@H](Cc1ccc(Cl)cc1)C(=O)Nc1ccccc1)[C@@H](Cl)C(=O)NO. The minimum absolute atomic E-state index is 0.0475. The Hall–Kier alpha value is -2.61. The van der Waals surface area contributed by atoms with Crippen LogP contribution in [0.25, 0.3) is 0 Å². The standard InChI is InChI=1S/C23H27Cl2N3O4/c1-14(2)12-18(20(25)23(31)28-32)21(29)27-19(13-15-8-10-16(24)11-9-15)22(30)26-17-6-4-3-5-7-17/h3-11,14,18-20,32H,12-13H2,1-2H3,(H,26,30)(H,27,29)(H,28,31)/t18-,19+,20-/m1/s1. The van der Waals surface area contributed by atoms with E-state index in [9.17, 15) is 14.4 Å². The summed E-state index contributed by atoms with van der Waals surface area (Å²) < 4.78 is 0. The van der Waals surface area contributed by atoms with E-state index in [1.165, 1.54) is 5.48 Å². The third-order valence-corrected chi connectivity index (χ3v) is 5.56. The van der Waals surface area contributed by atoms with E-state index >= 15 is 0 Å². The van der Waals surface area contributed by atoms with Gasteiger partial charge in [0, 0.05) is 17.1 Å². The number of rotatable bonds is 10. The van der Waals surface area contributed by atoms with E-state index in [0.29, 0.717) is 17.1 Å². The van der Waals surface area contributed by atoms with E-state index in [2.05, 4.69) is 10.6 Å². The molecule has 0 spiro atoms. The molecule has 4 N–H and O–H groups in total. The Morgan fingerprint density at radius 3 is 2.12 bits per heavy atom. The molecule has 0 saturated heterocycles. The monoisotopic (exact) mass is 479 g/mol. The summed E-state index contributed by atoms with van der Waals surface area (Å²) in [7, 11) is 0. The molecule has 0 aromatic heterocycles. The molecule has 9 heteroatoms. The van der Waals surface area contributed by atoms with Crippen LogP contribution in [0.2, 0.25) is 5.02 Å². The second-order valence-electron chi connectivity index (χ2n) is 7.86. The van der Waals surface area contributed by atoms with Gasteiger partial charge in [0.15, 0.2) is 0 Å². The molecular formula is C23H27Cl2N3O4. The number of hydrogen-bond acceptors (Lipinski definition) is 4. The normalized spacial score (nSPS) is 13.7. The summed E-state index contributed by atoms with van der Waals surface area (Å²) in [4.78, 5) is 38.0. The van der Waals surface area contributed by atoms with Crippen LogP contribution in [0.1, 0.15) is 25.8 Å². The van der Waals surface area contributed by atoms with Crippen molar-refractivity contribution in [1.29, 1.82) is 0 Å². The van der Waals surface area contributed by atoms with Crippen LogP contribution in [-0.4, -0.2) is 34.3 Å². The number of alkyl halides is 1. The fraction of sp³-hybridized carbons (Fsp3) is 0.348. The van der Waals surface area contributed by atoms with E-state index in [1.807, 2.05) is 19.9 Å². The first-order chi connectivity index (χ1) is 15.2. The summed E-state index contributed by atoms with van der Waals surface area (Å²) in [6.45, 7) is 3.77. The van der Waals surface area contributed by atoms with Gasteiger partial charge in [0.1, 0.15) is 11.4 Å². The maximum atomic E-state index is 13.1. The molecule has 0 radical (unpaired) electrons. The number of carbonyl (C=O) groups excluding carboxylic acids is 3. The van der Waals surface area contributed by atoms with Crippen LogP contribution in [0.15, 0.2) is 54.6 Å². The van der Waals surface area contributed by atoms with Gasteiger partial charge in [-0.05, 0) is 42.2 Å². The predicted molar refractivity (Wildman–Crippen MR) is 125 cm³/mol. The Balaban J connectivity index is 2.25. The number of hydroxylamine groups is 1. The lowest BCUT2D eigenvalue weighted by Crippen LogP contribution is -2.50. The first-order valence-corrected chi connectivity index (χ1v) is 11.0. The van der Waals surface area contributed by atoms with E-state index in [1.54, 1.807) is 48.5 Å². The lowest BCUT2D eigenvalue weighted by atomic mass is 9.92. The average Bonchev–Trinajstić information content (AvgIpc) is 2.77. The van der Waals surface area contributed by atoms with E-state index < -0.39 is 35.1 Å². The summed E-state index contributed by atoms with van der Waals surface area (Å²) in [6, 6.07) is 14.9. The molecule has 172 valence electrons. The molecule has 2 aromatic carbocycles. The molecule has 0 unspecified atom stereocenters. The molecule has 0 heterocycles. The summed E-state index contributed by atoms with van der Waals surface area (Å²) in [5, 5.41) is 13.7. The molecular weight excluding hydrogens is 453 g/mol. The van der Waals surface area contributed by atoms with Gasteiger partial charge in [-0.2, -0.15) is 0 Å². The van der Waals surface area contributed by atoms with Gasteiger partial charge in [0.05, 0.1) is 5.92 Å². The number of nitrogens with one attached hydrogen (secondary N) is 3. The minimum atomic E-state index is -1.30. The van der Waals surface area contributed by atoms with Gasteiger partial charge >= 0.3 is 0 Å². The van der Waals surface area contributed by atoms with E-state index in [0.717, 1.165) is 5.56 Å². The molecule has 2 rings (SSSR count). The topological polar surface area (TPSA) is 108 Å². The molecule has 0 aliphatic heterocycles. The lowest BCUT2D eigenvalue weighted by molar-refractivity contribution is -0.135. The second kappa shape index (κ2) is 12.4. The van der Waals surface area contributed by atoms with Crippen molar-refractivity contribution in [1.82, 2.24) is 10.8 Å². The number of anilines is 1. The van der Waals surface area contributed by atoms with Crippen LogP contribution < -0.4 is 16.1 Å². The smallest absolute Gasteiger partial charge is 0.262 e. The van der Waals surface area contributed by atoms with Gasteiger partial charge in [-0.1, -0.05) is 55.8 Å². The molecule has 0 aliphatic carbocycles. The largest absolute Gasteiger partial charge is 0.344 e. The fourth-order valence-corrected chi connectivity index (χ4v) is 3.60. The number of benzene rings is 2. The molecule has 2 aromatic rings. The Bertz CT molecular complexity index is 907. The highest BCUT2D eigenvalue weighted by atomic mass is 35.5. The van der Waals surface area contributed by atoms with Crippen molar-refractivity contribution < 1.29 is 19.6 Å². The number of amides is 3. The van der Waals surface area contributed by atoms with Gasteiger partial charge in [-0.25, -0.2) is 5.48 Å². The lowest BCUT2D eigenvalue weighted by Gasteiger charge is -2.25. The van der Waals surface area contributed by atoms with Crippen LogP contribution in [-0.2, 0) is 20.8 Å². The summed E-state index contributed by atoms with van der Waals surface area (Å²) >= 11 is 12.1. The zero-order chi connectivity index (χ0) is 23.7. The second-order valence-corrected chi connectivity index (χ2v) is 8.77. The molecule has 7 nitrogen and oxygen atoms in total. The van der Waals surface area contributed by atoms with Gasteiger partial charge in [-0.3, -0.25) is 19.6 Å². The van der Waals surface area contributed by atoms with Crippen molar-refractivity contribution in [2.45, 2.75) is 38.1 Å². The van der Waals surface area contributed by atoms with Crippen LogP contribution >= 0.6 is 23.2 Å². The number of hydrogen-bond donors (Lipinski definition) is 4. The zero-order valence-corrected chi connectivity index (χ0v) is 19.4. The van der Waals surface area contributed by atoms with Gasteiger partial charge in [0.25, 0.3) is 5.91 Å². The van der Waals surface area contributed by atoms with Gasteiger partial charge in [0.2, 0.25) is 11.8 Å². The molecule has 32 heavy (non-hydrogen) atoms. The number of halogens is 2. The molecule has 3 amide bonds. The third kappa shape index (κ3) is 7.82. The van der Waals surface area contributed by atoms with Crippen molar-refractivity contribution in [3.63, 3.8) is 0 Å².